The molecule has 1 aromatic heterocycles. The second kappa shape index (κ2) is 3.52. The number of aromatic nitrogens is 4. The van der Waals surface area contributed by atoms with Crippen LogP contribution in [0.5, 0.6) is 0 Å². The number of amides is 1. The number of rotatable bonds is 2. The van der Waals surface area contributed by atoms with E-state index in [2.05, 4.69) is 30.9 Å². The Morgan fingerprint density at radius 3 is 3.15 bits per heavy atom. The summed E-state index contributed by atoms with van der Waals surface area (Å²) in [6.45, 7) is 0.332. The third-order valence-corrected chi connectivity index (χ3v) is 2.25. The molecule has 0 aromatic carbocycles. The van der Waals surface area contributed by atoms with Crippen LogP contribution in [0.25, 0.3) is 0 Å². The van der Waals surface area contributed by atoms with Gasteiger partial charge in [0.2, 0.25) is 5.91 Å². The molecule has 1 aromatic rings. The molecule has 1 aliphatic rings. The summed E-state index contributed by atoms with van der Waals surface area (Å²) in [5.74, 6) is 0.927. The Kier molecular flexibility index (Phi) is 2.21. The fourth-order valence-corrected chi connectivity index (χ4v) is 1.48. The molecular formula is C5H6N6OS. The van der Waals surface area contributed by atoms with Gasteiger partial charge < -0.3 is 5.32 Å². The molecule has 2 heterocycles. The van der Waals surface area contributed by atoms with E-state index in [-0.39, 0.29) is 5.91 Å². The van der Waals surface area contributed by atoms with Crippen molar-refractivity contribution in [1.82, 2.24) is 25.9 Å². The number of carbonyl (C=O) groups excluding carboxylic acids is 1. The summed E-state index contributed by atoms with van der Waals surface area (Å²) in [4.78, 5) is 14.8. The minimum absolute atomic E-state index is 0.0168. The van der Waals surface area contributed by atoms with Crippen molar-refractivity contribution in [2.45, 2.75) is 6.54 Å². The molecule has 13 heavy (non-hydrogen) atoms. The normalized spacial score (nSPS) is 19.4. The van der Waals surface area contributed by atoms with Crippen molar-refractivity contribution in [1.29, 1.82) is 0 Å². The van der Waals surface area contributed by atoms with Crippen LogP contribution in [0.15, 0.2) is 4.99 Å². The third kappa shape index (κ3) is 2.02. The predicted molar refractivity (Wildman–Crippen MR) is 45.9 cm³/mol. The molecule has 0 saturated carbocycles. The van der Waals surface area contributed by atoms with Gasteiger partial charge in [-0.3, -0.25) is 9.79 Å². The van der Waals surface area contributed by atoms with Crippen LogP contribution in [0.3, 0.4) is 0 Å². The Balaban J connectivity index is 1.94. The number of carbonyl (C=O) groups is 1. The largest absolute Gasteiger partial charge is 0.305 e. The van der Waals surface area contributed by atoms with Gasteiger partial charge in [-0.2, -0.15) is 5.21 Å². The minimum Gasteiger partial charge on any atom is -0.305 e. The topological polar surface area (TPSA) is 95.9 Å². The molecule has 0 aliphatic carbocycles. The molecule has 1 fully saturated rings. The van der Waals surface area contributed by atoms with Gasteiger partial charge in [-0.05, 0) is 0 Å². The molecule has 8 heteroatoms. The Morgan fingerprint density at radius 2 is 2.54 bits per heavy atom. The molecular weight excluding hydrogens is 192 g/mol. The lowest BCUT2D eigenvalue weighted by molar-refractivity contribution is -0.116. The molecule has 1 amide bonds. The van der Waals surface area contributed by atoms with Crippen molar-refractivity contribution in [3.05, 3.63) is 5.82 Å². The van der Waals surface area contributed by atoms with E-state index in [0.29, 0.717) is 23.3 Å². The number of tetrazole rings is 1. The second-order valence-electron chi connectivity index (χ2n) is 2.29. The predicted octanol–water partition coefficient (Wildman–Crippen LogP) is -1.08. The lowest BCUT2D eigenvalue weighted by Crippen LogP contribution is -2.20. The maximum Gasteiger partial charge on any atom is 0.236 e. The van der Waals surface area contributed by atoms with Crippen molar-refractivity contribution in [2.24, 2.45) is 4.99 Å². The molecule has 1 saturated heterocycles. The van der Waals surface area contributed by atoms with Crippen molar-refractivity contribution in [3.8, 4) is 0 Å². The van der Waals surface area contributed by atoms with E-state index < -0.39 is 0 Å². The van der Waals surface area contributed by atoms with E-state index in [0.717, 1.165) is 0 Å². The van der Waals surface area contributed by atoms with Crippen LogP contribution in [-0.4, -0.2) is 37.5 Å². The molecule has 7 nitrogen and oxygen atoms in total. The van der Waals surface area contributed by atoms with Gasteiger partial charge in [-0.25, -0.2) is 0 Å². The highest BCUT2D eigenvalue weighted by Gasteiger charge is 2.15. The summed E-state index contributed by atoms with van der Waals surface area (Å²) in [7, 11) is 0. The summed E-state index contributed by atoms with van der Waals surface area (Å²) >= 11 is 1.38. The van der Waals surface area contributed by atoms with E-state index in [1.165, 1.54) is 11.8 Å². The SMILES string of the molecule is O=C1CSC(=NCc2nn[nH]n2)N1. The first-order valence-electron chi connectivity index (χ1n) is 3.54. The molecule has 0 bridgehead atoms. The Morgan fingerprint density at radius 1 is 1.62 bits per heavy atom. The number of aromatic amines is 1. The van der Waals surface area contributed by atoms with Gasteiger partial charge in [-0.1, -0.05) is 17.0 Å². The molecule has 0 atom stereocenters. The van der Waals surface area contributed by atoms with E-state index >= 15 is 0 Å². The minimum atomic E-state index is -0.0168. The number of nitrogens with zero attached hydrogens (tertiary/aromatic N) is 4. The molecule has 2 rings (SSSR count). The highest BCUT2D eigenvalue weighted by molar-refractivity contribution is 8.15. The highest BCUT2D eigenvalue weighted by Crippen LogP contribution is 2.08. The zero-order valence-corrected chi connectivity index (χ0v) is 7.34. The van der Waals surface area contributed by atoms with Gasteiger partial charge >= 0.3 is 0 Å². The lowest BCUT2D eigenvalue weighted by Gasteiger charge is -1.91. The Hall–Kier alpha value is -1.44. The summed E-state index contributed by atoms with van der Waals surface area (Å²) in [6, 6.07) is 0. The van der Waals surface area contributed by atoms with E-state index in [1.54, 1.807) is 0 Å². The van der Waals surface area contributed by atoms with Gasteiger partial charge in [0.15, 0.2) is 11.0 Å². The molecule has 2 N–H and O–H groups in total. The first-order chi connectivity index (χ1) is 6.34. The van der Waals surface area contributed by atoms with Crippen LogP contribution < -0.4 is 5.32 Å². The Labute approximate surface area is 77.4 Å². The number of aliphatic imine (C=N–C) groups is 1. The van der Waals surface area contributed by atoms with Crippen LogP contribution in [0.2, 0.25) is 0 Å². The summed E-state index contributed by atoms with van der Waals surface area (Å²) < 4.78 is 0. The van der Waals surface area contributed by atoms with E-state index in [1.807, 2.05) is 0 Å². The first-order valence-corrected chi connectivity index (χ1v) is 4.52. The molecule has 0 radical (unpaired) electrons. The maximum absolute atomic E-state index is 10.8. The number of thioether (sulfide) groups is 1. The standard InChI is InChI=1S/C5H6N6OS/c12-4-2-13-5(7-4)6-1-3-8-10-11-9-3/h1-2H2,(H,6,7,12)(H,8,9,10,11). The average Bonchev–Trinajstić information content (AvgIpc) is 2.71. The van der Waals surface area contributed by atoms with Crippen LogP contribution in [0.1, 0.15) is 5.82 Å². The van der Waals surface area contributed by atoms with Crippen LogP contribution in [-0.2, 0) is 11.3 Å². The number of H-pyrrole nitrogens is 1. The number of amidine groups is 1. The zero-order chi connectivity index (χ0) is 9.10. The summed E-state index contributed by atoms with van der Waals surface area (Å²) in [5.41, 5.74) is 0. The van der Waals surface area contributed by atoms with Crippen LogP contribution >= 0.6 is 11.8 Å². The van der Waals surface area contributed by atoms with Crippen molar-refractivity contribution < 1.29 is 4.79 Å². The quantitative estimate of drug-likeness (QED) is 0.630. The van der Waals surface area contributed by atoms with Crippen LogP contribution in [0, 0.1) is 0 Å². The fourth-order valence-electron chi connectivity index (χ4n) is 0.803. The van der Waals surface area contributed by atoms with Crippen molar-refractivity contribution in [3.63, 3.8) is 0 Å². The molecule has 0 spiro atoms. The highest BCUT2D eigenvalue weighted by atomic mass is 32.2. The monoisotopic (exact) mass is 198 g/mol. The molecule has 0 unspecified atom stereocenters. The van der Waals surface area contributed by atoms with Crippen molar-refractivity contribution >= 4 is 22.8 Å². The Bertz CT molecular complexity index is 333. The smallest absolute Gasteiger partial charge is 0.236 e. The maximum atomic E-state index is 10.8. The average molecular weight is 198 g/mol. The number of hydrogen-bond donors (Lipinski definition) is 2. The second-order valence-corrected chi connectivity index (χ2v) is 3.25. The third-order valence-electron chi connectivity index (χ3n) is 1.34. The summed E-state index contributed by atoms with van der Waals surface area (Å²) in [6.07, 6.45) is 0. The van der Waals surface area contributed by atoms with Gasteiger partial charge in [0, 0.05) is 0 Å². The fraction of sp³-hybridized carbons (Fsp3) is 0.400. The van der Waals surface area contributed by atoms with Gasteiger partial charge in [0.25, 0.3) is 0 Å². The number of hydrogen-bond acceptors (Lipinski definition) is 6. The summed E-state index contributed by atoms with van der Waals surface area (Å²) in [5, 5.41) is 16.4. The van der Waals surface area contributed by atoms with Gasteiger partial charge in [0.1, 0.15) is 6.54 Å². The van der Waals surface area contributed by atoms with Crippen LogP contribution in [0.4, 0.5) is 0 Å². The first kappa shape index (κ1) is 8.17. The zero-order valence-electron chi connectivity index (χ0n) is 6.52. The molecule has 1 aliphatic heterocycles. The van der Waals surface area contributed by atoms with Crippen molar-refractivity contribution in [2.75, 3.05) is 5.75 Å². The van der Waals surface area contributed by atoms with E-state index in [4.69, 9.17) is 0 Å². The van der Waals surface area contributed by atoms with Gasteiger partial charge in [-0.15, -0.1) is 10.2 Å². The van der Waals surface area contributed by atoms with E-state index in [9.17, 15) is 4.79 Å². The molecule has 68 valence electrons. The number of nitrogens with one attached hydrogen (secondary N) is 2. The lowest BCUT2D eigenvalue weighted by atomic mass is 10.6. The van der Waals surface area contributed by atoms with Gasteiger partial charge in [0.05, 0.1) is 5.75 Å².